The monoisotopic (exact) mass is 323 g/mol. The maximum Gasteiger partial charge on any atom is 0.292 e. The minimum Gasteiger partial charge on any atom is -0.383 e. The summed E-state index contributed by atoms with van der Waals surface area (Å²) in [6, 6.07) is 11.3. The third-order valence-corrected chi connectivity index (χ3v) is 3.73. The number of hydrogen-bond acceptors (Lipinski definition) is 5. The smallest absolute Gasteiger partial charge is 0.292 e. The lowest BCUT2D eigenvalue weighted by molar-refractivity contribution is -0.384. The van der Waals surface area contributed by atoms with Crippen LogP contribution >= 0.6 is 0 Å². The predicted octanol–water partition coefficient (Wildman–Crippen LogP) is 2.45. The molecule has 2 aromatic carbocycles. The Morgan fingerprint density at radius 3 is 2.46 bits per heavy atom. The molecule has 0 saturated heterocycles. The Morgan fingerprint density at radius 1 is 1.08 bits per heavy atom. The van der Waals surface area contributed by atoms with E-state index in [2.05, 4.69) is 10.6 Å². The minimum absolute atomic E-state index is 0.0903. The quantitative estimate of drug-likeness (QED) is 0.391. The second kappa shape index (κ2) is 5.96. The van der Waals surface area contributed by atoms with Crippen molar-refractivity contribution in [3.63, 3.8) is 0 Å². The van der Waals surface area contributed by atoms with Gasteiger partial charge in [0.15, 0.2) is 0 Å². The normalized spacial score (nSPS) is 15.0. The van der Waals surface area contributed by atoms with Crippen LogP contribution < -0.4 is 10.6 Å². The third kappa shape index (κ3) is 2.63. The minimum atomic E-state index is -0.529. The Labute approximate surface area is 137 Å². The van der Waals surface area contributed by atoms with Crippen LogP contribution in [0, 0.1) is 10.1 Å². The molecule has 7 heteroatoms. The van der Waals surface area contributed by atoms with Crippen molar-refractivity contribution < 1.29 is 14.5 Å². The first-order valence-electron chi connectivity index (χ1n) is 7.14. The number of benzene rings is 2. The number of rotatable bonds is 3. The van der Waals surface area contributed by atoms with Crippen molar-refractivity contribution in [3.05, 3.63) is 69.3 Å². The van der Waals surface area contributed by atoms with E-state index in [4.69, 9.17) is 0 Å². The summed E-state index contributed by atoms with van der Waals surface area (Å²) < 4.78 is 0. The number of nitrogens with one attached hydrogen (secondary N) is 2. The van der Waals surface area contributed by atoms with Crippen molar-refractivity contribution in [2.45, 2.75) is 0 Å². The number of nitrogens with zero attached hydrogens (tertiary/aromatic N) is 1. The van der Waals surface area contributed by atoms with Crippen LogP contribution in [-0.2, 0) is 4.79 Å². The average Bonchev–Trinajstić information content (AvgIpc) is 2.58. The largest absolute Gasteiger partial charge is 0.383 e. The molecule has 0 aliphatic carbocycles. The van der Waals surface area contributed by atoms with E-state index in [1.165, 1.54) is 12.1 Å². The molecule has 0 atom stereocenters. The summed E-state index contributed by atoms with van der Waals surface area (Å²) in [5.41, 5.74) is 1.97. The number of nitro benzene ring substituents is 1. The molecule has 0 spiro atoms. The molecule has 0 bridgehead atoms. The van der Waals surface area contributed by atoms with E-state index in [-0.39, 0.29) is 11.3 Å². The van der Waals surface area contributed by atoms with Crippen LogP contribution in [0.3, 0.4) is 0 Å². The van der Waals surface area contributed by atoms with E-state index in [9.17, 15) is 19.7 Å². The topological polar surface area (TPSA) is 101 Å². The second-order valence-electron chi connectivity index (χ2n) is 5.17. The molecule has 2 aromatic rings. The SMILES string of the molecule is CNc1ccc(/C=C2\C(=O)NC(=O)c3ccccc32)cc1[N+](=O)[O-]. The molecule has 0 unspecified atom stereocenters. The lowest BCUT2D eigenvalue weighted by Crippen LogP contribution is -2.36. The molecule has 0 saturated carbocycles. The van der Waals surface area contributed by atoms with Crippen LogP contribution in [0.1, 0.15) is 21.5 Å². The Kier molecular flexibility index (Phi) is 3.83. The summed E-state index contributed by atoms with van der Waals surface area (Å²) >= 11 is 0. The molecule has 0 radical (unpaired) electrons. The number of nitro groups is 1. The first kappa shape index (κ1) is 15.4. The van der Waals surface area contributed by atoms with Crippen molar-refractivity contribution in [2.24, 2.45) is 0 Å². The molecule has 0 fully saturated rings. The van der Waals surface area contributed by atoms with Gasteiger partial charge in [-0.2, -0.15) is 0 Å². The lowest BCUT2D eigenvalue weighted by atomic mass is 9.93. The Hall–Kier alpha value is -3.48. The van der Waals surface area contributed by atoms with E-state index in [0.29, 0.717) is 22.4 Å². The van der Waals surface area contributed by atoms with Crippen molar-refractivity contribution in [1.29, 1.82) is 0 Å². The van der Waals surface area contributed by atoms with Gasteiger partial charge in [0.2, 0.25) is 0 Å². The molecule has 1 aliphatic rings. The molecule has 0 aromatic heterocycles. The number of anilines is 1. The van der Waals surface area contributed by atoms with Crippen molar-refractivity contribution in [1.82, 2.24) is 5.32 Å². The Morgan fingerprint density at radius 2 is 1.79 bits per heavy atom. The third-order valence-electron chi connectivity index (χ3n) is 3.73. The summed E-state index contributed by atoms with van der Waals surface area (Å²) in [6.45, 7) is 0. The average molecular weight is 323 g/mol. The van der Waals surface area contributed by atoms with E-state index < -0.39 is 16.7 Å². The summed E-state index contributed by atoms with van der Waals surface area (Å²) in [7, 11) is 1.59. The van der Waals surface area contributed by atoms with Crippen LogP contribution in [0.2, 0.25) is 0 Å². The number of carbonyl (C=O) groups excluding carboxylic acids is 2. The van der Waals surface area contributed by atoms with Gasteiger partial charge in [0.05, 0.1) is 4.92 Å². The van der Waals surface area contributed by atoms with Crippen LogP contribution in [0.25, 0.3) is 11.6 Å². The van der Waals surface area contributed by atoms with Gasteiger partial charge in [-0.3, -0.25) is 25.0 Å². The Bertz CT molecular complexity index is 902. The van der Waals surface area contributed by atoms with Gasteiger partial charge in [-0.15, -0.1) is 0 Å². The van der Waals surface area contributed by atoms with Crippen molar-refractivity contribution in [3.8, 4) is 0 Å². The molecule has 2 N–H and O–H groups in total. The fourth-order valence-corrected chi connectivity index (χ4v) is 2.59. The van der Waals surface area contributed by atoms with Gasteiger partial charge in [-0.1, -0.05) is 24.3 Å². The van der Waals surface area contributed by atoms with Crippen LogP contribution in [0.5, 0.6) is 0 Å². The first-order chi connectivity index (χ1) is 11.5. The zero-order valence-corrected chi connectivity index (χ0v) is 12.7. The molecule has 2 amide bonds. The maximum absolute atomic E-state index is 12.2. The van der Waals surface area contributed by atoms with Crippen molar-refractivity contribution in [2.75, 3.05) is 12.4 Å². The number of hydrogen-bond donors (Lipinski definition) is 2. The number of fused-ring (bicyclic) bond motifs is 1. The molecule has 24 heavy (non-hydrogen) atoms. The van der Waals surface area contributed by atoms with E-state index in [1.807, 2.05) is 0 Å². The zero-order valence-electron chi connectivity index (χ0n) is 12.7. The maximum atomic E-state index is 12.2. The lowest BCUT2D eigenvalue weighted by Gasteiger charge is -2.18. The summed E-state index contributed by atoms with van der Waals surface area (Å²) in [6.07, 6.45) is 1.53. The van der Waals surface area contributed by atoms with Crippen LogP contribution in [-0.4, -0.2) is 23.8 Å². The molecule has 120 valence electrons. The van der Waals surface area contributed by atoms with Gasteiger partial charge < -0.3 is 5.32 Å². The molecule has 3 rings (SSSR count). The standard InChI is InChI=1S/C17H13N3O4/c1-18-14-7-6-10(9-15(14)20(23)24)8-13-11-4-2-3-5-12(11)16(21)19-17(13)22/h2-9,18H,1H3,(H,19,21,22)/b13-8-. The van der Waals surface area contributed by atoms with Gasteiger partial charge in [-0.25, -0.2) is 0 Å². The number of amides is 2. The highest BCUT2D eigenvalue weighted by molar-refractivity contribution is 6.33. The van der Waals surface area contributed by atoms with Crippen LogP contribution in [0.15, 0.2) is 42.5 Å². The van der Waals surface area contributed by atoms with Gasteiger partial charge in [-0.05, 0) is 29.3 Å². The molecule has 7 nitrogen and oxygen atoms in total. The van der Waals surface area contributed by atoms with Gasteiger partial charge in [0.1, 0.15) is 5.69 Å². The number of imide groups is 1. The predicted molar refractivity (Wildman–Crippen MR) is 89.4 cm³/mol. The van der Waals surface area contributed by atoms with Gasteiger partial charge >= 0.3 is 0 Å². The van der Waals surface area contributed by atoms with Gasteiger partial charge in [0, 0.05) is 24.3 Å². The molecule has 1 aliphatic heterocycles. The highest BCUT2D eigenvalue weighted by Gasteiger charge is 2.26. The summed E-state index contributed by atoms with van der Waals surface area (Å²) in [5.74, 6) is -0.983. The summed E-state index contributed by atoms with van der Waals surface area (Å²) in [4.78, 5) is 34.7. The van der Waals surface area contributed by atoms with E-state index in [1.54, 1.807) is 43.4 Å². The van der Waals surface area contributed by atoms with E-state index in [0.717, 1.165) is 0 Å². The molecular weight excluding hydrogens is 310 g/mol. The fourth-order valence-electron chi connectivity index (χ4n) is 2.59. The van der Waals surface area contributed by atoms with E-state index >= 15 is 0 Å². The Balaban J connectivity index is 2.13. The first-order valence-corrected chi connectivity index (χ1v) is 7.14. The van der Waals surface area contributed by atoms with Crippen LogP contribution in [0.4, 0.5) is 11.4 Å². The highest BCUT2D eigenvalue weighted by Crippen LogP contribution is 2.29. The van der Waals surface area contributed by atoms with Gasteiger partial charge in [0.25, 0.3) is 17.5 Å². The number of carbonyl (C=O) groups is 2. The highest BCUT2D eigenvalue weighted by atomic mass is 16.6. The molecule has 1 heterocycles. The fraction of sp³-hybridized carbons (Fsp3) is 0.0588. The zero-order chi connectivity index (χ0) is 17.3. The summed E-state index contributed by atoms with van der Waals surface area (Å²) in [5, 5.41) is 16.2. The second-order valence-corrected chi connectivity index (χ2v) is 5.17. The van der Waals surface area contributed by atoms with Crippen molar-refractivity contribution >= 4 is 34.8 Å². The molecular formula is C17H13N3O4.